The SMILES string of the molecule is C[C@@H](NC(=O)c1ccc(F)cc1)c1ccc2c(c1)CCN2C(=O)c1cccc(Cl)c1. The number of hydrogen-bond donors (Lipinski definition) is 1. The lowest BCUT2D eigenvalue weighted by atomic mass is 10.0. The summed E-state index contributed by atoms with van der Waals surface area (Å²) in [4.78, 5) is 27.0. The summed E-state index contributed by atoms with van der Waals surface area (Å²) in [5.41, 5.74) is 3.84. The van der Waals surface area contributed by atoms with Gasteiger partial charge in [-0.25, -0.2) is 4.39 Å². The summed E-state index contributed by atoms with van der Waals surface area (Å²) in [7, 11) is 0. The van der Waals surface area contributed by atoms with Gasteiger partial charge in [0.05, 0.1) is 6.04 Å². The third-order valence-electron chi connectivity index (χ3n) is 5.27. The van der Waals surface area contributed by atoms with Crippen LogP contribution in [0.3, 0.4) is 0 Å². The van der Waals surface area contributed by atoms with Crippen LogP contribution in [0, 0.1) is 5.82 Å². The molecule has 30 heavy (non-hydrogen) atoms. The number of nitrogens with one attached hydrogen (secondary N) is 1. The summed E-state index contributed by atoms with van der Waals surface area (Å²) in [6, 6.07) is 18.0. The molecule has 0 bridgehead atoms. The van der Waals surface area contributed by atoms with E-state index in [-0.39, 0.29) is 23.7 Å². The van der Waals surface area contributed by atoms with Gasteiger partial charge in [0.25, 0.3) is 11.8 Å². The zero-order valence-electron chi connectivity index (χ0n) is 16.4. The van der Waals surface area contributed by atoms with E-state index in [0.717, 1.165) is 23.2 Å². The lowest BCUT2D eigenvalue weighted by Gasteiger charge is -2.19. The van der Waals surface area contributed by atoms with Crippen molar-refractivity contribution < 1.29 is 14.0 Å². The predicted octanol–water partition coefficient (Wildman–Crippen LogP) is 5.17. The van der Waals surface area contributed by atoms with Crippen LogP contribution in [0.25, 0.3) is 0 Å². The quantitative estimate of drug-likeness (QED) is 0.630. The lowest BCUT2D eigenvalue weighted by Crippen LogP contribution is -2.29. The monoisotopic (exact) mass is 422 g/mol. The van der Waals surface area contributed by atoms with E-state index in [1.165, 1.54) is 24.3 Å². The standard InChI is InChI=1S/C24H20ClFN2O2/c1-15(27-23(29)16-5-8-21(26)9-6-16)17-7-10-22-18(13-17)11-12-28(22)24(30)19-3-2-4-20(25)14-19/h2-10,13-15H,11-12H2,1H3,(H,27,29)/t15-/m1/s1. The molecule has 6 heteroatoms. The molecular formula is C24H20ClFN2O2. The molecule has 0 radical (unpaired) electrons. The molecule has 1 N–H and O–H groups in total. The highest BCUT2D eigenvalue weighted by atomic mass is 35.5. The highest BCUT2D eigenvalue weighted by Crippen LogP contribution is 2.32. The van der Waals surface area contributed by atoms with E-state index in [2.05, 4.69) is 5.32 Å². The molecule has 0 spiro atoms. The van der Waals surface area contributed by atoms with Gasteiger partial charge in [-0.15, -0.1) is 0 Å². The van der Waals surface area contributed by atoms with Crippen LogP contribution in [0.4, 0.5) is 10.1 Å². The average molecular weight is 423 g/mol. The second kappa shape index (κ2) is 8.28. The first kappa shape index (κ1) is 20.1. The zero-order valence-corrected chi connectivity index (χ0v) is 17.1. The van der Waals surface area contributed by atoms with Crippen molar-refractivity contribution in [1.29, 1.82) is 0 Å². The normalized spacial score (nSPS) is 13.6. The van der Waals surface area contributed by atoms with E-state index in [1.807, 2.05) is 25.1 Å². The molecule has 1 aliphatic heterocycles. The van der Waals surface area contributed by atoms with Crippen LogP contribution in [0.2, 0.25) is 5.02 Å². The molecule has 1 aliphatic rings. The van der Waals surface area contributed by atoms with Crippen molar-refractivity contribution in [3.8, 4) is 0 Å². The van der Waals surface area contributed by atoms with Gasteiger partial charge in [-0.3, -0.25) is 9.59 Å². The molecule has 1 atom stereocenters. The Balaban J connectivity index is 1.50. The van der Waals surface area contributed by atoms with Gasteiger partial charge in [-0.2, -0.15) is 0 Å². The van der Waals surface area contributed by atoms with Gasteiger partial charge in [-0.05, 0) is 73.0 Å². The maximum absolute atomic E-state index is 13.1. The third kappa shape index (κ3) is 4.07. The van der Waals surface area contributed by atoms with E-state index < -0.39 is 0 Å². The number of carbonyl (C=O) groups excluding carboxylic acids is 2. The largest absolute Gasteiger partial charge is 0.346 e. The molecule has 1 heterocycles. The van der Waals surface area contributed by atoms with Crippen molar-refractivity contribution in [3.05, 3.63) is 99.8 Å². The molecule has 0 fully saturated rings. The molecule has 0 aliphatic carbocycles. The summed E-state index contributed by atoms with van der Waals surface area (Å²) >= 11 is 6.02. The van der Waals surface area contributed by atoms with E-state index in [0.29, 0.717) is 22.7 Å². The fourth-order valence-corrected chi connectivity index (χ4v) is 3.83. The van der Waals surface area contributed by atoms with Crippen LogP contribution in [-0.4, -0.2) is 18.4 Å². The number of hydrogen-bond acceptors (Lipinski definition) is 2. The predicted molar refractivity (Wildman–Crippen MR) is 116 cm³/mol. The summed E-state index contributed by atoms with van der Waals surface area (Å²) in [5, 5.41) is 3.46. The molecule has 4 rings (SSSR count). The molecule has 0 aromatic heterocycles. The number of halogens is 2. The van der Waals surface area contributed by atoms with Gasteiger partial charge < -0.3 is 10.2 Å². The molecular weight excluding hydrogens is 403 g/mol. The number of fused-ring (bicyclic) bond motifs is 1. The van der Waals surface area contributed by atoms with Crippen molar-refractivity contribution in [2.75, 3.05) is 11.4 Å². The van der Waals surface area contributed by atoms with Crippen molar-refractivity contribution in [3.63, 3.8) is 0 Å². The van der Waals surface area contributed by atoms with Gasteiger partial charge >= 0.3 is 0 Å². The van der Waals surface area contributed by atoms with E-state index in [4.69, 9.17) is 11.6 Å². The molecule has 0 saturated carbocycles. The average Bonchev–Trinajstić information content (AvgIpc) is 3.16. The van der Waals surface area contributed by atoms with Gasteiger partial charge in [0, 0.05) is 28.4 Å². The zero-order chi connectivity index (χ0) is 21.3. The highest BCUT2D eigenvalue weighted by molar-refractivity contribution is 6.31. The van der Waals surface area contributed by atoms with Crippen molar-refractivity contribution in [1.82, 2.24) is 5.32 Å². The molecule has 3 aromatic rings. The fraction of sp³-hybridized carbons (Fsp3) is 0.167. The summed E-state index contributed by atoms with van der Waals surface area (Å²) in [5.74, 6) is -0.725. The number of rotatable bonds is 4. The molecule has 152 valence electrons. The molecule has 3 aromatic carbocycles. The smallest absolute Gasteiger partial charge is 0.258 e. The third-order valence-corrected chi connectivity index (χ3v) is 5.50. The lowest BCUT2D eigenvalue weighted by molar-refractivity contribution is 0.0938. The number of anilines is 1. The van der Waals surface area contributed by atoms with Crippen molar-refractivity contribution >= 4 is 29.1 Å². The maximum atomic E-state index is 13.1. The van der Waals surface area contributed by atoms with Crippen LogP contribution >= 0.6 is 11.6 Å². The topological polar surface area (TPSA) is 49.4 Å². The van der Waals surface area contributed by atoms with Gasteiger partial charge in [-0.1, -0.05) is 29.8 Å². The van der Waals surface area contributed by atoms with E-state index in [9.17, 15) is 14.0 Å². The maximum Gasteiger partial charge on any atom is 0.258 e. The molecule has 0 saturated heterocycles. The molecule has 0 unspecified atom stereocenters. The van der Waals surface area contributed by atoms with Crippen LogP contribution in [0.15, 0.2) is 66.7 Å². The number of benzene rings is 3. The van der Waals surface area contributed by atoms with Crippen LogP contribution in [-0.2, 0) is 6.42 Å². The number of carbonyl (C=O) groups is 2. The Morgan fingerprint density at radius 3 is 2.53 bits per heavy atom. The first-order valence-corrected chi connectivity index (χ1v) is 10.1. The second-order valence-corrected chi connectivity index (χ2v) is 7.74. The second-order valence-electron chi connectivity index (χ2n) is 7.31. The summed E-state index contributed by atoms with van der Waals surface area (Å²) in [6.07, 6.45) is 0.744. The van der Waals surface area contributed by atoms with Crippen molar-refractivity contribution in [2.24, 2.45) is 0 Å². The minimum atomic E-state index is -0.380. The Bertz CT molecular complexity index is 1110. The minimum Gasteiger partial charge on any atom is -0.346 e. The highest BCUT2D eigenvalue weighted by Gasteiger charge is 2.26. The summed E-state index contributed by atoms with van der Waals surface area (Å²) in [6.45, 7) is 2.49. The Morgan fingerprint density at radius 2 is 1.80 bits per heavy atom. The fourth-order valence-electron chi connectivity index (χ4n) is 3.64. The van der Waals surface area contributed by atoms with Crippen LogP contribution in [0.1, 0.15) is 44.8 Å². The number of nitrogens with zero attached hydrogens (tertiary/aromatic N) is 1. The number of amides is 2. The van der Waals surface area contributed by atoms with Gasteiger partial charge in [0.15, 0.2) is 0 Å². The van der Waals surface area contributed by atoms with Gasteiger partial charge in [0.1, 0.15) is 5.82 Å². The van der Waals surface area contributed by atoms with Crippen molar-refractivity contribution in [2.45, 2.75) is 19.4 Å². The van der Waals surface area contributed by atoms with Crippen LogP contribution < -0.4 is 10.2 Å². The first-order valence-electron chi connectivity index (χ1n) is 9.69. The van der Waals surface area contributed by atoms with Gasteiger partial charge in [0.2, 0.25) is 0 Å². The molecule has 4 nitrogen and oxygen atoms in total. The van der Waals surface area contributed by atoms with E-state index in [1.54, 1.807) is 29.2 Å². The molecule has 2 amide bonds. The Kier molecular flexibility index (Phi) is 5.55. The van der Waals surface area contributed by atoms with Crippen LogP contribution in [0.5, 0.6) is 0 Å². The van der Waals surface area contributed by atoms with E-state index >= 15 is 0 Å². The Hall–Kier alpha value is -3.18. The minimum absolute atomic E-state index is 0.0818. The first-order chi connectivity index (χ1) is 14.4. The Morgan fingerprint density at radius 1 is 1.03 bits per heavy atom. The summed E-state index contributed by atoms with van der Waals surface area (Å²) < 4.78 is 13.1. The Labute approximate surface area is 179 Å².